The van der Waals surface area contributed by atoms with Crippen LogP contribution in [0.4, 0.5) is 10.2 Å². The second-order valence-corrected chi connectivity index (χ2v) is 9.03. The quantitative estimate of drug-likeness (QED) is 0.118. The van der Waals surface area contributed by atoms with Crippen molar-refractivity contribution in [2.24, 2.45) is 0 Å². The van der Waals surface area contributed by atoms with Gasteiger partial charge in [-0.05, 0) is 6.92 Å². The van der Waals surface area contributed by atoms with Crippen LogP contribution in [0.5, 0.6) is 0 Å². The Morgan fingerprint density at radius 2 is 1.32 bits per heavy atom. The zero-order valence-electron chi connectivity index (χ0n) is 16.5. The molecular weight excluding hydrogens is 542 g/mol. The molecule has 3 heterocycles. The van der Waals surface area contributed by atoms with E-state index in [1.165, 1.54) is 10.9 Å². The minimum absolute atomic E-state index is 0.0951. The summed E-state index contributed by atoms with van der Waals surface area (Å²) in [5.41, 5.74) is 5.86. The van der Waals surface area contributed by atoms with Gasteiger partial charge in [-0.1, -0.05) is 0 Å². The lowest BCUT2D eigenvalue weighted by Gasteiger charge is -2.16. The molecule has 0 spiro atoms. The molecule has 13 N–H and O–H groups in total. The molecule has 2 aromatic heterocycles. The zero-order valence-corrected chi connectivity index (χ0v) is 19.2. The molecule has 0 radical (unpaired) electrons. The van der Waals surface area contributed by atoms with E-state index >= 15 is 0 Å². The van der Waals surface area contributed by atoms with Crippen LogP contribution in [0.1, 0.15) is 13.2 Å². The van der Waals surface area contributed by atoms with Crippen LogP contribution in [0, 0.1) is 6.08 Å². The number of halogens is 1. The molecule has 1 fully saturated rings. The summed E-state index contributed by atoms with van der Waals surface area (Å²) < 4.78 is 46.6. The molecule has 34 heavy (non-hydrogen) atoms. The van der Waals surface area contributed by atoms with Crippen molar-refractivity contribution in [3.05, 3.63) is 12.4 Å². The number of rotatable bonds is 1. The molecule has 1 saturated heterocycles. The van der Waals surface area contributed by atoms with Crippen molar-refractivity contribution in [2.45, 2.75) is 31.5 Å². The molecule has 0 amide bonds. The molecule has 0 aliphatic carbocycles. The van der Waals surface area contributed by atoms with Gasteiger partial charge >= 0.3 is 29.5 Å². The predicted octanol–water partition coefficient (Wildman–Crippen LogP) is -3.60. The Morgan fingerprint density at radius 3 is 1.68 bits per heavy atom. The normalized spacial score (nSPS) is 22.6. The number of nitrogens with two attached hydrogens (primary N) is 1. The van der Waals surface area contributed by atoms with Gasteiger partial charge in [0, 0.05) is 0 Å². The SMILES string of the molecule is C[C@H]1O[C@@H](n2cnc3c(N)nc(F)nc32)[C@H](O)[C@@H]1O.O=P(O)(O)O.O=P(O)(O)O.O=P(O)(O)O. The van der Waals surface area contributed by atoms with Crippen LogP contribution >= 0.6 is 23.5 Å². The summed E-state index contributed by atoms with van der Waals surface area (Å²) in [6.07, 6.45) is -3.33. The Morgan fingerprint density at radius 1 is 0.912 bits per heavy atom. The number of aromatic nitrogens is 4. The number of hydrogen-bond acceptors (Lipinski definition) is 10. The smallest absolute Gasteiger partial charge is 0.388 e. The van der Waals surface area contributed by atoms with E-state index in [1.807, 2.05) is 0 Å². The first-order chi connectivity index (χ1) is 15.0. The lowest BCUT2D eigenvalue weighted by molar-refractivity contribution is -0.0300. The van der Waals surface area contributed by atoms with Gasteiger partial charge in [0.05, 0.1) is 12.4 Å². The minimum atomic E-state index is -4.64. The summed E-state index contributed by atoms with van der Waals surface area (Å²) in [5, 5.41) is 19.6. The minimum Gasteiger partial charge on any atom is -0.388 e. The number of aliphatic hydroxyl groups is 2. The van der Waals surface area contributed by atoms with E-state index in [4.69, 9.17) is 68.2 Å². The molecule has 0 bridgehead atoms. The largest absolute Gasteiger partial charge is 0.466 e. The third kappa shape index (κ3) is 14.0. The molecule has 2 aromatic rings. The van der Waals surface area contributed by atoms with Crippen LogP contribution in [-0.4, -0.2) is 92.1 Å². The fraction of sp³-hybridized carbons (Fsp3) is 0.500. The van der Waals surface area contributed by atoms with Gasteiger partial charge in [-0.15, -0.1) is 0 Å². The fourth-order valence-corrected chi connectivity index (χ4v) is 2.15. The Bertz CT molecular complexity index is 1010. The van der Waals surface area contributed by atoms with E-state index in [9.17, 15) is 14.6 Å². The monoisotopic (exact) mass is 563 g/mol. The number of aliphatic hydroxyl groups excluding tert-OH is 2. The number of fused-ring (bicyclic) bond motifs is 1. The molecule has 0 unspecified atom stereocenters. The lowest BCUT2D eigenvalue weighted by Crippen LogP contribution is -2.30. The van der Waals surface area contributed by atoms with Crippen LogP contribution in [0.25, 0.3) is 11.2 Å². The molecule has 0 saturated carbocycles. The summed E-state index contributed by atoms with van der Waals surface area (Å²) in [5.74, 6) is -0.0951. The fourth-order valence-electron chi connectivity index (χ4n) is 2.15. The van der Waals surface area contributed by atoms with Crippen LogP contribution in [0.15, 0.2) is 6.33 Å². The van der Waals surface area contributed by atoms with Gasteiger partial charge in [-0.25, -0.2) is 18.7 Å². The summed E-state index contributed by atoms with van der Waals surface area (Å²) in [7, 11) is -13.9. The van der Waals surface area contributed by atoms with Crippen LogP contribution < -0.4 is 5.73 Å². The Labute approximate surface area is 187 Å². The van der Waals surface area contributed by atoms with Gasteiger partial charge in [0.2, 0.25) is 0 Å². The van der Waals surface area contributed by atoms with E-state index in [0.717, 1.165) is 0 Å². The number of nitrogens with zero attached hydrogens (tertiary/aromatic N) is 4. The molecule has 3 rings (SSSR count). The third-order valence-corrected chi connectivity index (χ3v) is 3.17. The van der Waals surface area contributed by atoms with Crippen molar-refractivity contribution in [2.75, 3.05) is 5.73 Å². The number of ether oxygens (including phenoxy) is 1. The second-order valence-electron chi connectivity index (χ2n) is 5.95. The van der Waals surface area contributed by atoms with Crippen molar-refractivity contribution in [1.82, 2.24) is 19.5 Å². The van der Waals surface area contributed by atoms with Gasteiger partial charge in [0.15, 0.2) is 23.2 Å². The molecule has 20 nitrogen and oxygen atoms in total. The summed E-state index contributed by atoms with van der Waals surface area (Å²) in [6, 6.07) is 0. The molecule has 24 heteroatoms. The van der Waals surface area contributed by atoms with E-state index in [0.29, 0.717) is 0 Å². The first kappa shape index (κ1) is 32.5. The molecule has 0 aromatic carbocycles. The van der Waals surface area contributed by atoms with Gasteiger partial charge in [0.25, 0.3) is 0 Å². The van der Waals surface area contributed by atoms with Crippen LogP contribution in [0.2, 0.25) is 0 Å². The maximum Gasteiger partial charge on any atom is 0.466 e. The molecular formula is C10H21FN5O15P3. The predicted molar refractivity (Wildman–Crippen MR) is 104 cm³/mol. The maximum atomic E-state index is 13.2. The van der Waals surface area contributed by atoms with Crippen molar-refractivity contribution in [3.63, 3.8) is 0 Å². The van der Waals surface area contributed by atoms with Crippen molar-refractivity contribution in [1.29, 1.82) is 0 Å². The highest BCUT2D eigenvalue weighted by Crippen LogP contribution is 2.31. The summed E-state index contributed by atoms with van der Waals surface area (Å²) >= 11 is 0. The lowest BCUT2D eigenvalue weighted by atomic mass is 10.1. The Balaban J connectivity index is 0.000000599. The Kier molecular flexibility index (Phi) is 11.9. The number of nitrogen functional groups attached to an aromatic ring is 1. The highest BCUT2D eigenvalue weighted by Gasteiger charge is 2.42. The van der Waals surface area contributed by atoms with Crippen molar-refractivity contribution < 1.29 is 77.1 Å². The van der Waals surface area contributed by atoms with Crippen molar-refractivity contribution >= 4 is 40.4 Å². The zero-order chi connectivity index (χ0) is 27.2. The average molecular weight is 563 g/mol. The third-order valence-electron chi connectivity index (χ3n) is 3.17. The van der Waals surface area contributed by atoms with E-state index in [2.05, 4.69) is 15.0 Å². The van der Waals surface area contributed by atoms with Crippen LogP contribution in [-0.2, 0) is 18.4 Å². The maximum absolute atomic E-state index is 13.2. The van der Waals surface area contributed by atoms with Crippen molar-refractivity contribution in [3.8, 4) is 0 Å². The topological polar surface area (TPSA) is 353 Å². The standard InChI is InChI=1S/C10H12FN5O3.3H3O4P/c1-3-5(17)6(18)9(19-3)16-2-13-4-7(12)14-10(11)15-8(4)16;3*1-5(2,3)4/h2-3,5-6,9,17-18H,1H3,(H2,12,14,15);3*(H3,1,2,3,4)/t3-,5-,6-,9-;;;/m1.../s1. The highest BCUT2D eigenvalue weighted by atomic mass is 31.2. The summed E-state index contributed by atoms with van der Waals surface area (Å²) in [6.45, 7) is 1.62. The number of imidazole rings is 1. The number of hydrogen-bond donors (Lipinski definition) is 12. The van der Waals surface area contributed by atoms with E-state index in [1.54, 1.807) is 6.92 Å². The van der Waals surface area contributed by atoms with Crippen LogP contribution in [0.3, 0.4) is 0 Å². The molecule has 198 valence electrons. The number of anilines is 1. The van der Waals surface area contributed by atoms with Gasteiger partial charge < -0.3 is 64.7 Å². The number of phosphoric acid groups is 3. The highest BCUT2D eigenvalue weighted by molar-refractivity contribution is 7.45. The molecule has 1 aliphatic heterocycles. The molecule has 1 aliphatic rings. The summed E-state index contributed by atoms with van der Waals surface area (Å²) in [4.78, 5) is 75.6. The van der Waals surface area contributed by atoms with Gasteiger partial charge in [0.1, 0.15) is 12.2 Å². The van der Waals surface area contributed by atoms with Gasteiger partial charge in [-0.2, -0.15) is 14.4 Å². The first-order valence-corrected chi connectivity index (χ1v) is 12.7. The molecule has 4 atom stereocenters. The Hall–Kier alpha value is -1.51. The van der Waals surface area contributed by atoms with E-state index < -0.39 is 54.1 Å². The van der Waals surface area contributed by atoms with Gasteiger partial charge in [-0.3, -0.25) is 4.57 Å². The second kappa shape index (κ2) is 12.5. The first-order valence-electron chi connectivity index (χ1n) is 8.01. The van der Waals surface area contributed by atoms with E-state index in [-0.39, 0.29) is 17.0 Å². The average Bonchev–Trinajstić information content (AvgIpc) is 3.07.